The Balaban J connectivity index is 3.16. The lowest BCUT2D eigenvalue weighted by Crippen LogP contribution is -1.90. The Morgan fingerprint density at radius 2 is 2.44 bits per heavy atom. The second-order valence-electron chi connectivity index (χ2n) is 1.45. The predicted molar refractivity (Wildman–Crippen MR) is 43.4 cm³/mol. The lowest BCUT2D eigenvalue weighted by atomic mass is 10.6. The summed E-state index contributed by atoms with van der Waals surface area (Å²) in [5.74, 6) is 1.64. The number of hydrogen-bond donors (Lipinski definition) is 0. The van der Waals surface area contributed by atoms with E-state index in [9.17, 15) is 0 Å². The molecule has 0 bridgehead atoms. The maximum absolute atomic E-state index is 5.08. The van der Waals surface area contributed by atoms with E-state index >= 15 is 0 Å². The lowest BCUT2D eigenvalue weighted by molar-refractivity contribution is 0.235. The summed E-state index contributed by atoms with van der Waals surface area (Å²) in [5, 5.41) is 1.78. The Morgan fingerprint density at radius 1 is 1.78 bits per heavy atom. The number of ether oxygens (including phenoxy) is 1. The van der Waals surface area contributed by atoms with Gasteiger partial charge in [-0.05, 0) is 12.3 Å². The Morgan fingerprint density at radius 3 is 2.89 bits per heavy atom. The molecule has 0 heterocycles. The third-order valence-electron chi connectivity index (χ3n) is 0.711. The summed E-state index contributed by atoms with van der Waals surface area (Å²) in [4.78, 5) is 0. The predicted octanol–water partition coefficient (Wildman–Crippen LogP) is 2.41. The molecule has 0 aliphatic rings. The van der Waals surface area contributed by atoms with Gasteiger partial charge in [0, 0.05) is 0 Å². The van der Waals surface area contributed by atoms with E-state index in [1.165, 1.54) is 0 Å². The highest BCUT2D eigenvalue weighted by molar-refractivity contribution is 8.02. The average Bonchev–Trinajstić information content (AvgIpc) is 1.85. The Kier molecular flexibility index (Phi) is 5.52. The quantitative estimate of drug-likeness (QED) is 0.548. The molecular weight excluding hydrogens is 132 g/mol. The molecule has 0 saturated carbocycles. The van der Waals surface area contributed by atoms with E-state index in [-0.39, 0.29) is 0 Å². The average molecular weight is 144 g/mol. The molecule has 1 nitrogen and oxygen atoms in total. The third-order valence-corrected chi connectivity index (χ3v) is 1.43. The van der Waals surface area contributed by atoms with Gasteiger partial charge in [-0.25, -0.2) is 0 Å². The van der Waals surface area contributed by atoms with Crippen molar-refractivity contribution in [2.45, 2.75) is 6.92 Å². The van der Waals surface area contributed by atoms with Crippen LogP contribution >= 0.6 is 11.8 Å². The highest BCUT2D eigenvalue weighted by atomic mass is 32.2. The van der Waals surface area contributed by atoms with Gasteiger partial charge in [0.25, 0.3) is 0 Å². The molecule has 0 aliphatic heterocycles. The van der Waals surface area contributed by atoms with Gasteiger partial charge in [-0.1, -0.05) is 13.2 Å². The molecule has 0 rings (SSSR count). The second kappa shape index (κ2) is 5.76. The Bertz CT molecular complexity index is 99.1. The van der Waals surface area contributed by atoms with E-state index in [4.69, 9.17) is 4.74 Å². The van der Waals surface area contributed by atoms with Crippen LogP contribution in [0.4, 0.5) is 0 Å². The summed E-state index contributed by atoms with van der Waals surface area (Å²) in [6.45, 7) is 9.90. The normalized spacial score (nSPS) is 8.56. The molecular formula is C7H12OS. The number of thioether (sulfide) groups is 1. The Hall–Kier alpha value is -0.370. The van der Waals surface area contributed by atoms with Crippen LogP contribution < -0.4 is 0 Å². The fraction of sp³-hybridized carbons (Fsp3) is 0.429. The molecule has 0 atom stereocenters. The summed E-state index contributed by atoms with van der Waals surface area (Å²) < 4.78 is 5.08. The highest BCUT2D eigenvalue weighted by Crippen LogP contribution is 2.06. The van der Waals surface area contributed by atoms with Crippen molar-refractivity contribution in [1.29, 1.82) is 0 Å². The maximum atomic E-state index is 5.08. The first-order valence-electron chi connectivity index (χ1n) is 2.84. The smallest absolute Gasteiger partial charge is 0.0990 e. The van der Waals surface area contributed by atoms with Crippen LogP contribution in [0.2, 0.25) is 0 Å². The van der Waals surface area contributed by atoms with Crippen LogP contribution in [0.3, 0.4) is 0 Å². The fourth-order valence-corrected chi connectivity index (χ4v) is 0.785. The molecule has 0 aromatic carbocycles. The van der Waals surface area contributed by atoms with E-state index in [2.05, 4.69) is 13.2 Å². The number of hydrogen-bond acceptors (Lipinski definition) is 2. The van der Waals surface area contributed by atoms with Gasteiger partial charge in [0.1, 0.15) is 0 Å². The van der Waals surface area contributed by atoms with Gasteiger partial charge >= 0.3 is 0 Å². The van der Waals surface area contributed by atoms with E-state index in [1.807, 2.05) is 6.92 Å². The van der Waals surface area contributed by atoms with Gasteiger partial charge in [-0.15, -0.1) is 11.8 Å². The first-order chi connectivity index (χ1) is 4.31. The maximum Gasteiger partial charge on any atom is 0.0990 e. The van der Waals surface area contributed by atoms with Crippen LogP contribution in [0.5, 0.6) is 0 Å². The summed E-state index contributed by atoms with van der Waals surface area (Å²) >= 11 is 1.60. The molecule has 0 radical (unpaired) electrons. The van der Waals surface area contributed by atoms with Crippen LogP contribution in [0.25, 0.3) is 0 Å². The molecule has 2 heteroatoms. The SMILES string of the molecule is C=CSCC(=C)OCC. The minimum atomic E-state index is 0.705. The van der Waals surface area contributed by atoms with Crippen molar-refractivity contribution >= 4 is 11.8 Å². The van der Waals surface area contributed by atoms with Crippen LogP contribution in [0.15, 0.2) is 24.3 Å². The highest BCUT2D eigenvalue weighted by Gasteiger charge is 1.89. The molecule has 0 aromatic rings. The van der Waals surface area contributed by atoms with E-state index < -0.39 is 0 Å². The number of rotatable bonds is 5. The van der Waals surface area contributed by atoms with Crippen LogP contribution in [-0.2, 0) is 4.74 Å². The van der Waals surface area contributed by atoms with Crippen LogP contribution in [-0.4, -0.2) is 12.4 Å². The minimum Gasteiger partial charge on any atom is -0.498 e. The fourth-order valence-electron chi connectivity index (χ4n) is 0.398. The zero-order valence-corrected chi connectivity index (χ0v) is 6.54. The van der Waals surface area contributed by atoms with Gasteiger partial charge in [-0.3, -0.25) is 0 Å². The second-order valence-corrected chi connectivity index (χ2v) is 2.40. The van der Waals surface area contributed by atoms with Crippen molar-refractivity contribution in [3.05, 3.63) is 24.3 Å². The van der Waals surface area contributed by atoms with Gasteiger partial charge in [0.2, 0.25) is 0 Å². The molecule has 52 valence electrons. The van der Waals surface area contributed by atoms with Crippen LogP contribution in [0, 0.1) is 0 Å². The van der Waals surface area contributed by atoms with Crippen molar-refractivity contribution in [3.8, 4) is 0 Å². The van der Waals surface area contributed by atoms with Crippen molar-refractivity contribution in [2.24, 2.45) is 0 Å². The van der Waals surface area contributed by atoms with Gasteiger partial charge in [0.05, 0.1) is 18.1 Å². The van der Waals surface area contributed by atoms with Gasteiger partial charge in [0.15, 0.2) is 0 Å². The first-order valence-corrected chi connectivity index (χ1v) is 3.89. The zero-order chi connectivity index (χ0) is 7.11. The zero-order valence-electron chi connectivity index (χ0n) is 5.72. The van der Waals surface area contributed by atoms with E-state index in [0.717, 1.165) is 11.5 Å². The largest absolute Gasteiger partial charge is 0.498 e. The lowest BCUT2D eigenvalue weighted by Gasteiger charge is -2.02. The van der Waals surface area contributed by atoms with E-state index in [0.29, 0.717) is 6.61 Å². The summed E-state index contributed by atoms with van der Waals surface area (Å²) in [7, 11) is 0. The van der Waals surface area contributed by atoms with Crippen LogP contribution in [0.1, 0.15) is 6.92 Å². The summed E-state index contributed by atoms with van der Waals surface area (Å²) in [6, 6.07) is 0. The van der Waals surface area contributed by atoms with Crippen molar-refractivity contribution < 1.29 is 4.74 Å². The molecule has 9 heavy (non-hydrogen) atoms. The topological polar surface area (TPSA) is 9.23 Å². The minimum absolute atomic E-state index is 0.705. The van der Waals surface area contributed by atoms with Gasteiger partial charge in [-0.2, -0.15) is 0 Å². The molecule has 0 saturated heterocycles. The molecule has 0 amide bonds. The van der Waals surface area contributed by atoms with Crippen molar-refractivity contribution in [2.75, 3.05) is 12.4 Å². The molecule has 0 aromatic heterocycles. The summed E-state index contributed by atoms with van der Waals surface area (Å²) in [5.41, 5.74) is 0. The molecule has 0 fully saturated rings. The third kappa shape index (κ3) is 5.50. The van der Waals surface area contributed by atoms with Crippen molar-refractivity contribution in [1.82, 2.24) is 0 Å². The monoisotopic (exact) mass is 144 g/mol. The summed E-state index contributed by atoms with van der Waals surface area (Å²) in [6.07, 6.45) is 0. The molecule has 0 aliphatic carbocycles. The molecule has 0 unspecified atom stereocenters. The Labute approximate surface area is 60.8 Å². The molecule has 0 spiro atoms. The van der Waals surface area contributed by atoms with E-state index in [1.54, 1.807) is 17.2 Å². The first kappa shape index (κ1) is 8.63. The van der Waals surface area contributed by atoms with Gasteiger partial charge < -0.3 is 4.74 Å². The molecule has 0 N–H and O–H groups in total. The van der Waals surface area contributed by atoms with Crippen molar-refractivity contribution in [3.63, 3.8) is 0 Å². The standard InChI is InChI=1S/C7H12OS/c1-4-8-7(3)6-9-5-2/h5H,2-4,6H2,1H3.